The zero-order valence-electron chi connectivity index (χ0n) is 9.69. The normalized spacial score (nSPS) is 11.2. The minimum Gasteiger partial charge on any atom is -0.330 e. The van der Waals surface area contributed by atoms with E-state index in [4.69, 9.17) is 11.0 Å². The Kier molecular flexibility index (Phi) is 5.75. The highest BCUT2D eigenvalue weighted by Crippen LogP contribution is 2.19. The first-order valence-electron chi connectivity index (χ1n) is 5.40. The number of nitrogens with zero attached hydrogens (tertiary/aromatic N) is 1. The van der Waals surface area contributed by atoms with Gasteiger partial charge in [0.2, 0.25) is 10.0 Å². The van der Waals surface area contributed by atoms with Gasteiger partial charge < -0.3 is 5.73 Å². The van der Waals surface area contributed by atoms with Crippen LogP contribution in [-0.2, 0) is 10.0 Å². The van der Waals surface area contributed by atoms with Crippen LogP contribution in [0.3, 0.4) is 0 Å². The molecule has 0 spiro atoms. The van der Waals surface area contributed by atoms with E-state index in [0.29, 0.717) is 29.5 Å². The number of sulfonamides is 1. The molecule has 0 atom stereocenters. The summed E-state index contributed by atoms with van der Waals surface area (Å²) in [7, 11) is -3.57. The van der Waals surface area contributed by atoms with Crippen molar-refractivity contribution in [3.63, 3.8) is 0 Å². The predicted octanol–water partition coefficient (Wildman–Crippen LogP) is 1.34. The van der Waals surface area contributed by atoms with E-state index in [9.17, 15) is 8.42 Å². The molecule has 0 aliphatic carbocycles. The van der Waals surface area contributed by atoms with Crippen LogP contribution >= 0.6 is 15.9 Å². The van der Waals surface area contributed by atoms with Crippen molar-refractivity contribution in [1.29, 1.82) is 5.26 Å². The van der Waals surface area contributed by atoms with Gasteiger partial charge >= 0.3 is 0 Å². The summed E-state index contributed by atoms with van der Waals surface area (Å²) in [6, 6.07) is 6.29. The van der Waals surface area contributed by atoms with E-state index >= 15 is 0 Å². The molecule has 0 radical (unpaired) electrons. The van der Waals surface area contributed by atoms with Crippen LogP contribution in [0.2, 0.25) is 0 Å². The lowest BCUT2D eigenvalue weighted by Gasteiger charge is -2.07. The van der Waals surface area contributed by atoms with E-state index in [0.717, 1.165) is 6.42 Å². The summed E-state index contributed by atoms with van der Waals surface area (Å²) < 4.78 is 26.9. The number of hydrogen-bond acceptors (Lipinski definition) is 4. The summed E-state index contributed by atoms with van der Waals surface area (Å²) in [5, 5.41) is 8.80. The number of rotatable bonds is 6. The van der Waals surface area contributed by atoms with Crippen molar-refractivity contribution < 1.29 is 8.42 Å². The molecule has 0 saturated heterocycles. The van der Waals surface area contributed by atoms with E-state index in [-0.39, 0.29) is 4.90 Å². The highest BCUT2D eigenvalue weighted by molar-refractivity contribution is 9.10. The van der Waals surface area contributed by atoms with Crippen molar-refractivity contribution in [1.82, 2.24) is 4.72 Å². The van der Waals surface area contributed by atoms with Crippen molar-refractivity contribution >= 4 is 26.0 Å². The topological polar surface area (TPSA) is 96.0 Å². The second-order valence-corrected chi connectivity index (χ2v) is 6.36. The monoisotopic (exact) mass is 331 g/mol. The van der Waals surface area contributed by atoms with Crippen LogP contribution in [0, 0.1) is 11.3 Å². The van der Waals surface area contributed by atoms with Crippen molar-refractivity contribution in [2.24, 2.45) is 5.73 Å². The van der Waals surface area contributed by atoms with Gasteiger partial charge in [0.1, 0.15) is 0 Å². The van der Waals surface area contributed by atoms with Crippen LogP contribution in [0.1, 0.15) is 18.4 Å². The third-order valence-electron chi connectivity index (χ3n) is 2.23. The number of nitrogens with one attached hydrogen (secondary N) is 1. The first-order valence-corrected chi connectivity index (χ1v) is 7.67. The van der Waals surface area contributed by atoms with Gasteiger partial charge in [-0.1, -0.05) is 15.9 Å². The van der Waals surface area contributed by atoms with Gasteiger partial charge in [0.15, 0.2) is 0 Å². The van der Waals surface area contributed by atoms with Crippen LogP contribution in [0.4, 0.5) is 0 Å². The molecule has 98 valence electrons. The van der Waals surface area contributed by atoms with E-state index in [1.165, 1.54) is 12.1 Å². The molecule has 0 aliphatic heterocycles. The lowest BCUT2D eigenvalue weighted by atomic mass is 10.2. The first kappa shape index (κ1) is 15.1. The highest BCUT2D eigenvalue weighted by atomic mass is 79.9. The molecular formula is C11H14BrN3O2S. The molecule has 18 heavy (non-hydrogen) atoms. The fraction of sp³-hybridized carbons (Fsp3) is 0.364. The maximum atomic E-state index is 11.9. The molecule has 1 rings (SSSR count). The molecule has 0 fully saturated rings. The van der Waals surface area contributed by atoms with Crippen LogP contribution in [-0.4, -0.2) is 21.5 Å². The second kappa shape index (κ2) is 6.85. The Labute approximate surface area is 115 Å². The Hall–Kier alpha value is -0.940. The van der Waals surface area contributed by atoms with E-state index in [1.54, 1.807) is 6.07 Å². The number of hydrogen-bond donors (Lipinski definition) is 2. The molecule has 0 heterocycles. The number of unbranched alkanes of at least 4 members (excludes halogenated alkanes) is 1. The first-order chi connectivity index (χ1) is 8.49. The van der Waals surface area contributed by atoms with Crippen molar-refractivity contribution in [2.45, 2.75) is 17.7 Å². The zero-order chi connectivity index (χ0) is 13.6. The van der Waals surface area contributed by atoms with Crippen LogP contribution in [0.25, 0.3) is 0 Å². The largest absolute Gasteiger partial charge is 0.330 e. The van der Waals surface area contributed by atoms with Gasteiger partial charge in [0, 0.05) is 11.0 Å². The lowest BCUT2D eigenvalue weighted by molar-refractivity contribution is 0.577. The highest BCUT2D eigenvalue weighted by Gasteiger charge is 2.14. The Morgan fingerprint density at radius 2 is 2.06 bits per heavy atom. The minimum absolute atomic E-state index is 0.0844. The molecule has 0 aromatic heterocycles. The summed E-state index contributed by atoms with van der Waals surface area (Å²) in [4.78, 5) is 0.0844. The average molecular weight is 332 g/mol. The Balaban J connectivity index is 2.85. The zero-order valence-corrected chi connectivity index (χ0v) is 12.1. The van der Waals surface area contributed by atoms with Crippen molar-refractivity contribution in [2.75, 3.05) is 13.1 Å². The third-order valence-corrected chi connectivity index (χ3v) is 4.13. The van der Waals surface area contributed by atoms with Crippen LogP contribution in [0.15, 0.2) is 27.6 Å². The summed E-state index contributed by atoms with van der Waals surface area (Å²) in [5.74, 6) is 0. The van der Waals surface area contributed by atoms with Gasteiger partial charge in [-0.05, 0) is 37.6 Å². The predicted molar refractivity (Wildman–Crippen MR) is 72.3 cm³/mol. The molecule has 3 N–H and O–H groups in total. The molecule has 0 aliphatic rings. The summed E-state index contributed by atoms with van der Waals surface area (Å²) >= 11 is 3.18. The maximum Gasteiger partial charge on any atom is 0.240 e. The van der Waals surface area contributed by atoms with Crippen LogP contribution in [0.5, 0.6) is 0 Å². The Morgan fingerprint density at radius 3 is 2.67 bits per heavy atom. The summed E-state index contributed by atoms with van der Waals surface area (Å²) in [6.07, 6.45) is 1.46. The molecule has 7 heteroatoms. The molecule has 0 saturated carbocycles. The van der Waals surface area contributed by atoms with Crippen molar-refractivity contribution in [3.8, 4) is 6.07 Å². The molecule has 1 aromatic rings. The summed E-state index contributed by atoms with van der Waals surface area (Å²) in [6.45, 7) is 0.880. The van der Waals surface area contributed by atoms with Gasteiger partial charge in [0.05, 0.1) is 16.5 Å². The smallest absolute Gasteiger partial charge is 0.240 e. The van der Waals surface area contributed by atoms with E-state index in [1.807, 2.05) is 6.07 Å². The molecule has 5 nitrogen and oxygen atoms in total. The van der Waals surface area contributed by atoms with Gasteiger partial charge in [-0.15, -0.1) is 0 Å². The number of nitrogens with two attached hydrogens (primary N) is 1. The minimum atomic E-state index is -3.57. The number of halogens is 1. The molecule has 0 amide bonds. The molecule has 1 aromatic carbocycles. The fourth-order valence-corrected chi connectivity index (χ4v) is 3.13. The SMILES string of the molecule is N#Cc1cc(Br)cc(S(=O)(=O)NCCCCN)c1. The third kappa shape index (κ3) is 4.38. The Bertz CT molecular complexity index is 552. The second-order valence-electron chi connectivity index (χ2n) is 3.68. The van der Waals surface area contributed by atoms with E-state index in [2.05, 4.69) is 20.7 Å². The number of benzene rings is 1. The Morgan fingerprint density at radius 1 is 1.33 bits per heavy atom. The summed E-state index contributed by atoms with van der Waals surface area (Å²) in [5.41, 5.74) is 5.63. The van der Waals surface area contributed by atoms with Gasteiger partial charge in [-0.3, -0.25) is 0 Å². The van der Waals surface area contributed by atoms with E-state index < -0.39 is 10.0 Å². The average Bonchev–Trinajstić information content (AvgIpc) is 2.34. The quantitative estimate of drug-likeness (QED) is 0.768. The standard InChI is InChI=1S/C11H14BrN3O2S/c12-10-5-9(8-14)6-11(7-10)18(16,17)15-4-2-1-3-13/h5-7,15H,1-4,13H2. The molecular weight excluding hydrogens is 318 g/mol. The molecule has 0 unspecified atom stereocenters. The number of nitriles is 1. The molecule has 0 bridgehead atoms. The van der Waals surface area contributed by atoms with Gasteiger partial charge in [-0.2, -0.15) is 5.26 Å². The maximum absolute atomic E-state index is 11.9. The lowest BCUT2D eigenvalue weighted by Crippen LogP contribution is -2.25. The van der Waals surface area contributed by atoms with Crippen LogP contribution < -0.4 is 10.5 Å². The van der Waals surface area contributed by atoms with Crippen molar-refractivity contribution in [3.05, 3.63) is 28.2 Å². The van der Waals surface area contributed by atoms with Gasteiger partial charge in [0.25, 0.3) is 0 Å². The van der Waals surface area contributed by atoms with Gasteiger partial charge in [-0.25, -0.2) is 13.1 Å². The fourth-order valence-electron chi connectivity index (χ4n) is 1.34.